The van der Waals surface area contributed by atoms with Gasteiger partial charge in [-0.1, -0.05) is 23.9 Å². The minimum absolute atomic E-state index is 0.600. The Kier molecular flexibility index (Phi) is 6.43. The molecule has 0 unspecified atom stereocenters. The van der Waals surface area contributed by atoms with Gasteiger partial charge in [0.25, 0.3) is 0 Å². The van der Waals surface area contributed by atoms with Gasteiger partial charge < -0.3 is 15.0 Å². The second kappa shape index (κ2) is 9.77. The van der Waals surface area contributed by atoms with E-state index in [4.69, 9.17) is 9.72 Å². The number of benzene rings is 1. The molecule has 0 radical (unpaired) electrons. The maximum absolute atomic E-state index is 5.46. The monoisotopic (exact) mass is 446 g/mol. The van der Waals surface area contributed by atoms with Crippen LogP contribution in [-0.2, 0) is 4.74 Å². The molecule has 1 fully saturated rings. The van der Waals surface area contributed by atoms with Crippen molar-refractivity contribution in [3.05, 3.63) is 53.2 Å². The van der Waals surface area contributed by atoms with Gasteiger partial charge in [0.2, 0.25) is 0 Å². The number of ether oxygens (including phenoxy) is 1. The molecule has 0 bridgehead atoms. The van der Waals surface area contributed by atoms with Crippen LogP contribution in [-0.4, -0.2) is 59.9 Å². The molecule has 0 saturated carbocycles. The van der Waals surface area contributed by atoms with Gasteiger partial charge in [-0.15, -0.1) is 0 Å². The van der Waals surface area contributed by atoms with Crippen molar-refractivity contribution in [2.75, 3.05) is 44.3 Å². The first-order valence-electron chi connectivity index (χ1n) is 10.9. The molecule has 0 spiro atoms. The number of fused-ring (bicyclic) bond motifs is 1. The van der Waals surface area contributed by atoms with Crippen LogP contribution in [0.2, 0.25) is 0 Å². The van der Waals surface area contributed by atoms with Crippen LogP contribution in [0.15, 0.2) is 58.2 Å². The molecule has 1 saturated heterocycles. The van der Waals surface area contributed by atoms with Crippen LogP contribution in [0.1, 0.15) is 13.3 Å². The fourth-order valence-corrected chi connectivity index (χ4v) is 4.72. The predicted molar refractivity (Wildman–Crippen MR) is 132 cm³/mol. The first-order chi connectivity index (χ1) is 15.8. The van der Waals surface area contributed by atoms with E-state index in [1.807, 2.05) is 11.6 Å². The molecule has 4 heterocycles. The molecule has 8 heteroatoms. The van der Waals surface area contributed by atoms with E-state index >= 15 is 0 Å². The summed E-state index contributed by atoms with van der Waals surface area (Å²) in [4.78, 5) is 22.2. The van der Waals surface area contributed by atoms with E-state index in [0.29, 0.717) is 11.3 Å². The third kappa shape index (κ3) is 4.67. The molecular formula is C24H26N6OS. The third-order valence-electron chi connectivity index (χ3n) is 5.74. The molecule has 32 heavy (non-hydrogen) atoms. The van der Waals surface area contributed by atoms with Crippen LogP contribution in [0.5, 0.6) is 0 Å². The second-order valence-electron chi connectivity index (χ2n) is 7.88. The van der Waals surface area contributed by atoms with Crippen LogP contribution < -0.4 is 10.2 Å². The zero-order valence-corrected chi connectivity index (χ0v) is 18.9. The SMILES string of the molecule is CC1=C(SC=Nc2nc(-c3ccc(N4CCOCC4)cc3)cc3nccnc23)CCNC1. The van der Waals surface area contributed by atoms with Crippen molar-refractivity contribution in [1.82, 2.24) is 20.3 Å². The van der Waals surface area contributed by atoms with Crippen LogP contribution in [0, 0.1) is 0 Å². The number of hydrogen-bond donors (Lipinski definition) is 1. The van der Waals surface area contributed by atoms with Crippen LogP contribution in [0.4, 0.5) is 11.5 Å². The molecule has 2 aliphatic heterocycles. The van der Waals surface area contributed by atoms with E-state index in [1.165, 1.54) is 16.2 Å². The topological polar surface area (TPSA) is 75.5 Å². The summed E-state index contributed by atoms with van der Waals surface area (Å²) in [5, 5.41) is 3.39. The summed E-state index contributed by atoms with van der Waals surface area (Å²) in [5.41, 5.74) is 7.86. The van der Waals surface area contributed by atoms with Gasteiger partial charge in [-0.2, -0.15) is 0 Å². The number of thioether (sulfide) groups is 1. The van der Waals surface area contributed by atoms with Gasteiger partial charge in [-0.25, -0.2) is 15.0 Å². The van der Waals surface area contributed by atoms with Gasteiger partial charge in [-0.05, 0) is 48.6 Å². The highest BCUT2D eigenvalue weighted by atomic mass is 32.2. The highest BCUT2D eigenvalue weighted by Gasteiger charge is 2.13. The van der Waals surface area contributed by atoms with Crippen LogP contribution in [0.25, 0.3) is 22.3 Å². The number of pyridine rings is 1. The predicted octanol–water partition coefficient (Wildman–Crippen LogP) is 4.19. The molecule has 1 aromatic carbocycles. The van der Waals surface area contributed by atoms with Gasteiger partial charge in [0.05, 0.1) is 30.0 Å². The van der Waals surface area contributed by atoms with Gasteiger partial charge in [0.1, 0.15) is 5.52 Å². The lowest BCUT2D eigenvalue weighted by Crippen LogP contribution is -2.36. The first kappa shape index (κ1) is 21.1. The van der Waals surface area contributed by atoms with Crippen molar-refractivity contribution < 1.29 is 4.74 Å². The van der Waals surface area contributed by atoms with Crippen molar-refractivity contribution in [2.45, 2.75) is 13.3 Å². The normalized spacial score (nSPS) is 17.5. The number of aliphatic imine (C=N–C) groups is 1. The van der Waals surface area contributed by atoms with Crippen molar-refractivity contribution in [3.8, 4) is 11.3 Å². The van der Waals surface area contributed by atoms with E-state index in [2.05, 4.69) is 56.4 Å². The fourth-order valence-electron chi connectivity index (χ4n) is 3.95. The zero-order valence-electron chi connectivity index (χ0n) is 18.1. The lowest BCUT2D eigenvalue weighted by molar-refractivity contribution is 0.122. The molecule has 0 amide bonds. The van der Waals surface area contributed by atoms with E-state index in [9.17, 15) is 0 Å². The minimum atomic E-state index is 0.600. The lowest BCUT2D eigenvalue weighted by atomic mass is 10.1. The summed E-state index contributed by atoms with van der Waals surface area (Å²) >= 11 is 1.67. The third-order valence-corrected chi connectivity index (χ3v) is 6.79. The van der Waals surface area contributed by atoms with E-state index in [1.54, 1.807) is 24.2 Å². The largest absolute Gasteiger partial charge is 0.378 e. The first-order valence-corrected chi connectivity index (χ1v) is 11.8. The van der Waals surface area contributed by atoms with Gasteiger partial charge in [0.15, 0.2) is 5.82 Å². The molecule has 5 rings (SSSR count). The number of aromatic nitrogens is 3. The Labute approximate surface area is 192 Å². The van der Waals surface area contributed by atoms with Crippen molar-refractivity contribution in [3.63, 3.8) is 0 Å². The van der Waals surface area contributed by atoms with Crippen molar-refractivity contribution in [1.29, 1.82) is 0 Å². The highest BCUT2D eigenvalue weighted by molar-refractivity contribution is 8.15. The van der Waals surface area contributed by atoms with E-state index < -0.39 is 0 Å². The Morgan fingerprint density at radius 2 is 1.94 bits per heavy atom. The summed E-state index contributed by atoms with van der Waals surface area (Å²) in [5.74, 6) is 0.600. The van der Waals surface area contributed by atoms with Gasteiger partial charge in [-0.3, -0.25) is 4.98 Å². The van der Waals surface area contributed by atoms with E-state index in [-0.39, 0.29) is 0 Å². The van der Waals surface area contributed by atoms with Crippen molar-refractivity contribution >= 4 is 39.8 Å². The Bertz CT molecular complexity index is 1150. The lowest BCUT2D eigenvalue weighted by Gasteiger charge is -2.28. The van der Waals surface area contributed by atoms with Gasteiger partial charge >= 0.3 is 0 Å². The number of nitrogens with one attached hydrogen (secondary N) is 1. The van der Waals surface area contributed by atoms with Gasteiger partial charge in [0, 0.05) is 43.3 Å². The maximum Gasteiger partial charge on any atom is 0.181 e. The molecule has 3 aromatic rings. The molecule has 7 nitrogen and oxygen atoms in total. The number of nitrogens with zero attached hydrogens (tertiary/aromatic N) is 5. The molecular weight excluding hydrogens is 420 g/mol. The standard InChI is InChI=1S/C24H26N6OS/c1-17-15-25-7-6-22(17)32-16-28-24-23-21(26-8-9-27-23)14-20(29-24)18-2-4-19(5-3-18)30-10-12-31-13-11-30/h2-5,8-9,14,16,25H,6-7,10-13,15H2,1H3. The van der Waals surface area contributed by atoms with Crippen LogP contribution >= 0.6 is 11.8 Å². The van der Waals surface area contributed by atoms with Crippen LogP contribution in [0.3, 0.4) is 0 Å². The number of morpholine rings is 1. The molecule has 1 N–H and O–H groups in total. The Hall–Kier alpha value is -2.81. The number of rotatable bonds is 5. The molecule has 2 aliphatic rings. The summed E-state index contributed by atoms with van der Waals surface area (Å²) < 4.78 is 5.46. The fraction of sp³-hybridized carbons (Fsp3) is 0.333. The summed E-state index contributed by atoms with van der Waals surface area (Å²) in [6.45, 7) is 7.52. The zero-order chi connectivity index (χ0) is 21.8. The average Bonchev–Trinajstić information content (AvgIpc) is 2.86. The summed E-state index contributed by atoms with van der Waals surface area (Å²) in [6.07, 6.45) is 4.43. The summed E-state index contributed by atoms with van der Waals surface area (Å²) in [6, 6.07) is 10.5. The van der Waals surface area contributed by atoms with Crippen molar-refractivity contribution in [2.24, 2.45) is 4.99 Å². The molecule has 164 valence electrons. The maximum atomic E-state index is 5.46. The smallest absolute Gasteiger partial charge is 0.181 e. The molecule has 0 aliphatic carbocycles. The minimum Gasteiger partial charge on any atom is -0.378 e. The number of anilines is 1. The second-order valence-corrected chi connectivity index (χ2v) is 8.82. The average molecular weight is 447 g/mol. The Morgan fingerprint density at radius 3 is 2.75 bits per heavy atom. The molecule has 0 atom stereocenters. The Balaban J connectivity index is 1.43. The Morgan fingerprint density at radius 1 is 1.12 bits per heavy atom. The highest BCUT2D eigenvalue weighted by Crippen LogP contribution is 2.30. The van der Waals surface area contributed by atoms with E-state index in [0.717, 1.165) is 62.6 Å². The molecule has 2 aromatic heterocycles. The number of hydrogen-bond acceptors (Lipinski definition) is 8. The summed E-state index contributed by atoms with van der Waals surface area (Å²) in [7, 11) is 0. The quantitative estimate of drug-likeness (QED) is 0.465.